The van der Waals surface area contributed by atoms with Crippen LogP contribution in [0.15, 0.2) is 0 Å². The summed E-state index contributed by atoms with van der Waals surface area (Å²) in [5.41, 5.74) is 4.68. The normalized spacial score (nSPS) is 20.8. The molecule has 15 heavy (non-hydrogen) atoms. The van der Waals surface area contributed by atoms with Gasteiger partial charge in [-0.2, -0.15) is 13.2 Å². The molecule has 0 spiro atoms. The summed E-state index contributed by atoms with van der Waals surface area (Å²) in [6.45, 7) is 3.72. The Labute approximate surface area is 87.4 Å². The van der Waals surface area contributed by atoms with Crippen molar-refractivity contribution in [1.29, 1.82) is 0 Å². The molecule has 0 aromatic rings. The van der Waals surface area contributed by atoms with E-state index in [0.29, 0.717) is 0 Å². The van der Waals surface area contributed by atoms with Crippen LogP contribution in [0.3, 0.4) is 0 Å². The summed E-state index contributed by atoms with van der Waals surface area (Å²) < 4.78 is 41.1. The second-order valence-electron chi connectivity index (χ2n) is 4.15. The second-order valence-corrected chi connectivity index (χ2v) is 4.15. The van der Waals surface area contributed by atoms with Crippen LogP contribution < -0.4 is 5.73 Å². The van der Waals surface area contributed by atoms with E-state index in [0.717, 1.165) is 6.92 Å². The molecule has 0 aliphatic heterocycles. The lowest BCUT2D eigenvalue weighted by molar-refractivity contribution is -0.226. The van der Waals surface area contributed by atoms with Crippen molar-refractivity contribution in [3.8, 4) is 0 Å². The van der Waals surface area contributed by atoms with Gasteiger partial charge in [0.1, 0.15) is 0 Å². The molecule has 0 saturated carbocycles. The van der Waals surface area contributed by atoms with E-state index in [2.05, 4.69) is 0 Å². The van der Waals surface area contributed by atoms with Crippen molar-refractivity contribution in [3.63, 3.8) is 0 Å². The van der Waals surface area contributed by atoms with E-state index >= 15 is 0 Å². The van der Waals surface area contributed by atoms with Crippen molar-refractivity contribution in [1.82, 2.24) is 0 Å². The van der Waals surface area contributed by atoms with E-state index in [1.807, 2.05) is 0 Å². The van der Waals surface area contributed by atoms with Gasteiger partial charge in [-0.1, -0.05) is 0 Å². The van der Waals surface area contributed by atoms with Gasteiger partial charge in [-0.15, -0.1) is 0 Å². The van der Waals surface area contributed by atoms with Crippen molar-refractivity contribution >= 4 is 0 Å². The zero-order valence-corrected chi connectivity index (χ0v) is 9.14. The molecule has 0 aromatic carbocycles. The summed E-state index contributed by atoms with van der Waals surface area (Å²) in [4.78, 5) is 0. The molecular formula is C9H18F3NO2. The number of alkyl halides is 3. The zero-order valence-electron chi connectivity index (χ0n) is 9.14. The maximum absolute atomic E-state index is 12.1. The van der Waals surface area contributed by atoms with Crippen LogP contribution in [0.5, 0.6) is 0 Å². The first kappa shape index (κ1) is 14.7. The molecule has 0 fully saturated rings. The van der Waals surface area contributed by atoms with Crippen molar-refractivity contribution in [3.05, 3.63) is 0 Å². The average Bonchev–Trinajstić information content (AvgIpc) is 2.01. The molecule has 3 N–H and O–H groups in total. The number of halogens is 3. The molecule has 0 aromatic heterocycles. The van der Waals surface area contributed by atoms with Gasteiger partial charge >= 0.3 is 6.18 Å². The Morgan fingerprint density at radius 2 is 1.80 bits per heavy atom. The van der Waals surface area contributed by atoms with Crippen molar-refractivity contribution in [2.75, 3.05) is 6.61 Å². The summed E-state index contributed by atoms with van der Waals surface area (Å²) in [7, 11) is 0. The predicted octanol–water partition coefficient (Wildman–Crippen LogP) is 1.44. The lowest BCUT2D eigenvalue weighted by atomic mass is 9.97. The highest BCUT2D eigenvalue weighted by Gasteiger charge is 2.38. The van der Waals surface area contributed by atoms with Crippen LogP contribution in [0.2, 0.25) is 0 Å². The van der Waals surface area contributed by atoms with Crippen LogP contribution in [0.25, 0.3) is 0 Å². The van der Waals surface area contributed by atoms with Gasteiger partial charge in [-0.05, 0) is 27.2 Å². The predicted molar refractivity (Wildman–Crippen MR) is 50.4 cm³/mol. The fourth-order valence-corrected chi connectivity index (χ4v) is 1.19. The van der Waals surface area contributed by atoms with Crippen molar-refractivity contribution in [2.24, 2.45) is 5.73 Å². The molecule has 0 aliphatic rings. The van der Waals surface area contributed by atoms with Gasteiger partial charge in [0.15, 0.2) is 6.10 Å². The number of nitrogens with two attached hydrogens (primary N) is 1. The van der Waals surface area contributed by atoms with Gasteiger partial charge in [-0.3, -0.25) is 0 Å². The van der Waals surface area contributed by atoms with Crippen LogP contribution in [-0.4, -0.2) is 35.6 Å². The zero-order chi connectivity index (χ0) is 12.3. The topological polar surface area (TPSA) is 55.5 Å². The minimum atomic E-state index is -4.36. The highest BCUT2D eigenvalue weighted by Crippen LogP contribution is 2.24. The van der Waals surface area contributed by atoms with Gasteiger partial charge in [0.25, 0.3) is 0 Å². The SMILES string of the molecule is CC(CC(C)(N)CO)OC(C)C(F)(F)F. The van der Waals surface area contributed by atoms with Crippen LogP contribution in [0, 0.1) is 0 Å². The number of hydrogen-bond acceptors (Lipinski definition) is 3. The number of rotatable bonds is 5. The molecule has 0 amide bonds. The molecule has 0 radical (unpaired) electrons. The van der Waals surface area contributed by atoms with Crippen molar-refractivity contribution < 1.29 is 23.0 Å². The first-order valence-corrected chi connectivity index (χ1v) is 4.70. The number of hydrogen-bond donors (Lipinski definition) is 2. The Bertz CT molecular complexity index is 194. The fraction of sp³-hybridized carbons (Fsp3) is 1.00. The van der Waals surface area contributed by atoms with Crippen LogP contribution in [0.1, 0.15) is 27.2 Å². The van der Waals surface area contributed by atoms with Gasteiger partial charge in [0, 0.05) is 5.54 Å². The quantitative estimate of drug-likeness (QED) is 0.750. The second kappa shape index (κ2) is 5.14. The highest BCUT2D eigenvalue weighted by molar-refractivity contribution is 4.80. The lowest BCUT2D eigenvalue weighted by Gasteiger charge is -2.28. The monoisotopic (exact) mass is 229 g/mol. The summed E-state index contributed by atoms with van der Waals surface area (Å²) >= 11 is 0. The minimum Gasteiger partial charge on any atom is -0.394 e. The van der Waals surface area contributed by atoms with E-state index in [9.17, 15) is 13.2 Å². The highest BCUT2D eigenvalue weighted by atomic mass is 19.4. The maximum Gasteiger partial charge on any atom is 0.414 e. The molecule has 3 atom stereocenters. The molecule has 3 unspecified atom stereocenters. The number of aliphatic hydroxyl groups is 1. The largest absolute Gasteiger partial charge is 0.414 e. The van der Waals surface area contributed by atoms with E-state index in [1.165, 1.54) is 6.92 Å². The molecular weight excluding hydrogens is 211 g/mol. The average molecular weight is 229 g/mol. The third-order valence-corrected chi connectivity index (χ3v) is 2.01. The minimum absolute atomic E-state index is 0.171. The Hall–Kier alpha value is -0.330. The van der Waals surface area contributed by atoms with Crippen molar-refractivity contribution in [2.45, 2.75) is 51.1 Å². The van der Waals surface area contributed by atoms with Crippen LogP contribution in [-0.2, 0) is 4.74 Å². The molecule has 6 heteroatoms. The van der Waals surface area contributed by atoms with E-state index in [-0.39, 0.29) is 13.0 Å². The standard InChI is InChI=1S/C9H18F3NO2/c1-6(4-8(3,13)5-14)15-7(2)9(10,11)12/h6-7,14H,4-5,13H2,1-3H3. The Balaban J connectivity index is 4.10. The van der Waals surface area contributed by atoms with Gasteiger partial charge < -0.3 is 15.6 Å². The molecule has 0 aliphatic carbocycles. The number of ether oxygens (including phenoxy) is 1. The summed E-state index contributed by atoms with van der Waals surface area (Å²) in [5, 5.41) is 8.83. The van der Waals surface area contributed by atoms with Gasteiger partial charge in [0.05, 0.1) is 12.7 Å². The lowest BCUT2D eigenvalue weighted by Crippen LogP contribution is -2.44. The smallest absolute Gasteiger partial charge is 0.394 e. The molecule has 0 rings (SSSR count). The summed E-state index contributed by atoms with van der Waals surface area (Å²) in [6, 6.07) is 0. The summed E-state index contributed by atoms with van der Waals surface area (Å²) in [5.74, 6) is 0. The third-order valence-electron chi connectivity index (χ3n) is 2.01. The molecule has 3 nitrogen and oxygen atoms in total. The van der Waals surface area contributed by atoms with E-state index in [1.54, 1.807) is 6.92 Å². The fourth-order valence-electron chi connectivity index (χ4n) is 1.19. The van der Waals surface area contributed by atoms with E-state index in [4.69, 9.17) is 15.6 Å². The third kappa shape index (κ3) is 5.96. The molecule has 0 bridgehead atoms. The van der Waals surface area contributed by atoms with Crippen LogP contribution in [0.4, 0.5) is 13.2 Å². The Morgan fingerprint density at radius 1 is 1.33 bits per heavy atom. The molecule has 0 saturated heterocycles. The first-order chi connectivity index (χ1) is 6.58. The Morgan fingerprint density at radius 3 is 2.13 bits per heavy atom. The maximum atomic E-state index is 12.1. The first-order valence-electron chi connectivity index (χ1n) is 4.70. The van der Waals surface area contributed by atoms with Crippen LogP contribution >= 0.6 is 0 Å². The van der Waals surface area contributed by atoms with E-state index < -0.39 is 23.9 Å². The summed E-state index contributed by atoms with van der Waals surface area (Å²) in [6.07, 6.45) is -6.66. The van der Waals surface area contributed by atoms with Gasteiger partial charge in [0.2, 0.25) is 0 Å². The number of aliphatic hydroxyl groups excluding tert-OH is 1. The Kier molecular flexibility index (Phi) is 5.02. The molecule has 0 heterocycles. The molecule has 92 valence electrons. The van der Waals surface area contributed by atoms with Gasteiger partial charge in [-0.25, -0.2) is 0 Å².